The number of methoxy groups -OCH3 is 1. The van der Waals surface area contributed by atoms with Crippen molar-refractivity contribution in [1.29, 1.82) is 0 Å². The lowest BCUT2D eigenvalue weighted by Gasteiger charge is -2.07. The van der Waals surface area contributed by atoms with Gasteiger partial charge in [-0.25, -0.2) is 0 Å². The lowest BCUT2D eigenvalue weighted by atomic mass is 10.2. The Morgan fingerprint density at radius 2 is 2.27 bits per heavy atom. The van der Waals surface area contributed by atoms with Crippen LogP contribution >= 0.6 is 23.3 Å². The Labute approximate surface area is 136 Å². The summed E-state index contributed by atoms with van der Waals surface area (Å²) in [5, 5.41) is 3.86. The molecule has 1 aromatic carbocycles. The number of nitrogens with one attached hydrogen (secondary N) is 1. The molecule has 6 nitrogen and oxygen atoms in total. The van der Waals surface area contributed by atoms with Crippen LogP contribution in [-0.4, -0.2) is 35.1 Å². The Kier molecular flexibility index (Phi) is 4.91. The minimum atomic E-state index is -0.360. The van der Waals surface area contributed by atoms with Crippen molar-refractivity contribution in [2.45, 2.75) is 29.0 Å². The molecule has 0 radical (unpaired) electrons. The highest BCUT2D eigenvalue weighted by Crippen LogP contribution is 2.29. The van der Waals surface area contributed by atoms with Crippen molar-refractivity contribution in [1.82, 2.24) is 9.36 Å². The van der Waals surface area contributed by atoms with Crippen molar-refractivity contribution in [2.75, 3.05) is 19.0 Å². The zero-order valence-electron chi connectivity index (χ0n) is 11.9. The third kappa shape index (κ3) is 3.76. The van der Waals surface area contributed by atoms with Gasteiger partial charge in [0, 0.05) is 23.0 Å². The minimum absolute atomic E-state index is 0.144. The van der Waals surface area contributed by atoms with Crippen LogP contribution in [0.5, 0.6) is 5.75 Å². The van der Waals surface area contributed by atoms with Crippen molar-refractivity contribution < 1.29 is 14.3 Å². The van der Waals surface area contributed by atoms with Crippen LogP contribution < -0.4 is 10.1 Å². The number of benzene rings is 1. The van der Waals surface area contributed by atoms with Crippen LogP contribution in [0.3, 0.4) is 0 Å². The summed E-state index contributed by atoms with van der Waals surface area (Å²) in [5.41, 5.74) is 0. The van der Waals surface area contributed by atoms with E-state index in [1.165, 1.54) is 23.3 Å². The summed E-state index contributed by atoms with van der Waals surface area (Å²) in [5.74, 6) is 0.662. The van der Waals surface area contributed by atoms with E-state index in [9.17, 15) is 4.79 Å². The average molecular weight is 337 g/mol. The largest absolute Gasteiger partial charge is 0.497 e. The second-order valence-corrected chi connectivity index (χ2v) is 6.44. The first-order valence-corrected chi connectivity index (χ1v) is 8.41. The molecule has 1 amide bonds. The Morgan fingerprint density at radius 1 is 1.45 bits per heavy atom. The maximum Gasteiger partial charge on any atom is 0.255 e. The van der Waals surface area contributed by atoms with Crippen LogP contribution in [0.25, 0.3) is 0 Å². The van der Waals surface area contributed by atoms with E-state index >= 15 is 0 Å². The van der Waals surface area contributed by atoms with Crippen molar-refractivity contribution in [3.63, 3.8) is 0 Å². The highest BCUT2D eigenvalue weighted by Gasteiger charge is 2.24. The number of hydrogen-bond acceptors (Lipinski definition) is 7. The van der Waals surface area contributed by atoms with Crippen molar-refractivity contribution in [3.8, 4) is 5.75 Å². The zero-order chi connectivity index (χ0) is 15.4. The third-order valence-corrected chi connectivity index (χ3v) is 4.75. The number of rotatable bonds is 5. The van der Waals surface area contributed by atoms with Gasteiger partial charge >= 0.3 is 0 Å². The molecule has 0 saturated carbocycles. The fourth-order valence-corrected chi connectivity index (χ4v) is 3.44. The van der Waals surface area contributed by atoms with E-state index in [4.69, 9.17) is 9.47 Å². The quantitative estimate of drug-likeness (QED) is 0.904. The number of ether oxygens (including phenoxy) is 2. The van der Waals surface area contributed by atoms with Gasteiger partial charge in [0.2, 0.25) is 10.3 Å². The van der Waals surface area contributed by atoms with Gasteiger partial charge in [-0.3, -0.25) is 10.1 Å². The van der Waals surface area contributed by atoms with Gasteiger partial charge in [-0.05, 0) is 48.9 Å². The van der Waals surface area contributed by atoms with Gasteiger partial charge in [0.25, 0.3) is 5.91 Å². The van der Waals surface area contributed by atoms with Crippen molar-refractivity contribution in [3.05, 3.63) is 24.3 Å². The Balaban J connectivity index is 1.59. The first-order valence-electron chi connectivity index (χ1n) is 6.82. The molecule has 22 heavy (non-hydrogen) atoms. The van der Waals surface area contributed by atoms with E-state index in [1.54, 1.807) is 7.11 Å². The number of amides is 1. The SMILES string of the molecule is COc1ccc(Sc2nsc(NC(=O)[C@H]3CCCO3)n2)cc1. The predicted octanol–water partition coefficient (Wildman–Crippen LogP) is 2.82. The van der Waals surface area contributed by atoms with Gasteiger partial charge in [-0.2, -0.15) is 9.36 Å². The highest BCUT2D eigenvalue weighted by molar-refractivity contribution is 7.99. The molecule has 1 saturated heterocycles. The molecule has 1 aliphatic heterocycles. The Morgan fingerprint density at radius 3 is 2.95 bits per heavy atom. The van der Waals surface area contributed by atoms with E-state index in [1.807, 2.05) is 24.3 Å². The number of aromatic nitrogens is 2. The zero-order valence-corrected chi connectivity index (χ0v) is 13.6. The second-order valence-electron chi connectivity index (χ2n) is 4.65. The fourth-order valence-electron chi connectivity index (χ4n) is 2.02. The predicted molar refractivity (Wildman–Crippen MR) is 84.6 cm³/mol. The van der Waals surface area contributed by atoms with Crippen LogP contribution in [0.2, 0.25) is 0 Å². The molecule has 1 atom stereocenters. The smallest absolute Gasteiger partial charge is 0.255 e. The van der Waals surface area contributed by atoms with E-state index in [0.717, 1.165) is 23.5 Å². The number of nitrogens with zero attached hydrogens (tertiary/aromatic N) is 2. The average Bonchev–Trinajstić information content (AvgIpc) is 3.20. The minimum Gasteiger partial charge on any atom is -0.497 e. The molecule has 0 spiro atoms. The number of carbonyl (C=O) groups excluding carboxylic acids is 1. The van der Waals surface area contributed by atoms with Gasteiger partial charge in [-0.1, -0.05) is 0 Å². The summed E-state index contributed by atoms with van der Waals surface area (Å²) < 4.78 is 14.7. The number of carbonyl (C=O) groups is 1. The van der Waals surface area contributed by atoms with E-state index < -0.39 is 0 Å². The standard InChI is InChI=1S/C14H15N3O3S2/c1-19-9-4-6-10(7-5-9)21-14-16-13(22-17-14)15-12(18)11-3-2-8-20-11/h4-7,11H,2-3,8H2,1H3,(H,15,16,17,18)/t11-/m1/s1. The van der Waals surface area contributed by atoms with Gasteiger partial charge in [0.15, 0.2) is 0 Å². The Hall–Kier alpha value is -1.64. The van der Waals surface area contributed by atoms with Crippen LogP contribution in [-0.2, 0) is 9.53 Å². The molecule has 0 unspecified atom stereocenters. The summed E-state index contributed by atoms with van der Waals surface area (Å²) in [7, 11) is 1.63. The van der Waals surface area contributed by atoms with Gasteiger partial charge in [-0.15, -0.1) is 0 Å². The summed E-state index contributed by atoms with van der Waals surface area (Å²) in [6.07, 6.45) is 1.33. The molecule has 1 aliphatic rings. The monoisotopic (exact) mass is 337 g/mol. The van der Waals surface area contributed by atoms with Gasteiger partial charge in [0.05, 0.1) is 7.11 Å². The van der Waals surface area contributed by atoms with E-state index in [0.29, 0.717) is 16.9 Å². The molecule has 2 heterocycles. The summed E-state index contributed by atoms with van der Waals surface area (Å²) in [6, 6.07) is 7.65. The second kappa shape index (κ2) is 7.08. The van der Waals surface area contributed by atoms with Crippen molar-refractivity contribution >= 4 is 34.3 Å². The highest BCUT2D eigenvalue weighted by atomic mass is 32.2. The normalized spacial score (nSPS) is 17.4. The topological polar surface area (TPSA) is 73.3 Å². The molecule has 1 N–H and O–H groups in total. The van der Waals surface area contributed by atoms with E-state index in [2.05, 4.69) is 14.7 Å². The van der Waals surface area contributed by atoms with E-state index in [-0.39, 0.29) is 12.0 Å². The first kappa shape index (κ1) is 15.3. The molecule has 2 aromatic rings. The van der Waals surface area contributed by atoms with Gasteiger partial charge < -0.3 is 9.47 Å². The van der Waals surface area contributed by atoms with Crippen LogP contribution in [0.4, 0.5) is 5.13 Å². The van der Waals surface area contributed by atoms with Crippen LogP contribution in [0, 0.1) is 0 Å². The molecule has 0 aliphatic carbocycles. The molecular weight excluding hydrogens is 322 g/mol. The van der Waals surface area contributed by atoms with Crippen LogP contribution in [0.15, 0.2) is 34.3 Å². The lowest BCUT2D eigenvalue weighted by Crippen LogP contribution is -2.26. The van der Waals surface area contributed by atoms with Crippen LogP contribution in [0.1, 0.15) is 12.8 Å². The Bertz CT molecular complexity index is 639. The number of hydrogen-bond donors (Lipinski definition) is 1. The third-order valence-electron chi connectivity index (χ3n) is 3.13. The molecule has 1 aromatic heterocycles. The van der Waals surface area contributed by atoms with Gasteiger partial charge in [0.1, 0.15) is 11.9 Å². The molecule has 116 valence electrons. The lowest BCUT2D eigenvalue weighted by molar-refractivity contribution is -0.124. The summed E-state index contributed by atoms with van der Waals surface area (Å²) in [6.45, 7) is 0.646. The summed E-state index contributed by atoms with van der Waals surface area (Å²) >= 11 is 2.61. The molecule has 0 bridgehead atoms. The number of anilines is 1. The first-order chi connectivity index (χ1) is 10.7. The molecular formula is C14H15N3O3S2. The maximum absolute atomic E-state index is 11.9. The summed E-state index contributed by atoms with van der Waals surface area (Å²) in [4.78, 5) is 17.3. The molecule has 8 heteroatoms. The molecule has 3 rings (SSSR count). The fraction of sp³-hybridized carbons (Fsp3) is 0.357. The van der Waals surface area contributed by atoms with Crippen molar-refractivity contribution in [2.24, 2.45) is 0 Å². The maximum atomic E-state index is 11.9. The molecule has 1 fully saturated rings.